The van der Waals surface area contributed by atoms with E-state index in [4.69, 9.17) is 31.0 Å². The Kier molecular flexibility index (Phi) is 8.01. The van der Waals surface area contributed by atoms with Gasteiger partial charge < -0.3 is 19.3 Å². The van der Waals surface area contributed by atoms with E-state index in [-0.39, 0.29) is 11.6 Å². The molecule has 10 heteroatoms. The summed E-state index contributed by atoms with van der Waals surface area (Å²) in [6, 6.07) is 15.6. The second-order valence-corrected chi connectivity index (χ2v) is 14.1. The smallest absolute Gasteiger partial charge is 0.410 e. The Morgan fingerprint density at radius 2 is 1.67 bits per heavy atom. The van der Waals surface area contributed by atoms with Crippen LogP contribution < -0.4 is 9.64 Å². The fourth-order valence-corrected chi connectivity index (χ4v) is 7.65. The van der Waals surface area contributed by atoms with Crippen LogP contribution in [-0.2, 0) is 4.74 Å². The zero-order valence-corrected chi connectivity index (χ0v) is 27.5. The average molecular weight is 642 g/mol. The first kappa shape index (κ1) is 30.7. The highest BCUT2D eigenvalue weighted by Gasteiger charge is 2.45. The van der Waals surface area contributed by atoms with Crippen molar-refractivity contribution in [3.8, 4) is 17.1 Å². The van der Waals surface area contributed by atoms with Crippen molar-refractivity contribution >= 4 is 51.5 Å². The second-order valence-electron chi connectivity index (χ2n) is 13.7. The lowest BCUT2D eigenvalue weighted by molar-refractivity contribution is 0.0240. The van der Waals surface area contributed by atoms with Crippen molar-refractivity contribution in [1.82, 2.24) is 19.8 Å². The SMILES string of the molecule is CC(C)(C)OC(=O)N1CCN(c2ccc3c(OCC45CCCN4CCC5)nc(-c4cccc5cccc(Cl)c45)c(C=O)c3n2)CC1. The van der Waals surface area contributed by atoms with Crippen LogP contribution >= 0.6 is 11.6 Å². The molecule has 3 aliphatic rings. The van der Waals surface area contributed by atoms with Crippen molar-refractivity contribution in [2.24, 2.45) is 0 Å². The highest BCUT2D eigenvalue weighted by atomic mass is 35.5. The standard InChI is InChI=1S/C36H40ClN5O4/c1-35(2,3)46-34(44)41-20-18-40(19-21-41)29-13-12-26-32(38-29)27(22-43)31(25-10-4-8-24-9-5-11-28(37)30(24)25)39-33(26)45-23-36-14-6-16-42(36)17-7-15-36/h4-5,8-13,22H,6-7,14-21,23H2,1-3H3. The molecule has 0 aliphatic carbocycles. The minimum absolute atomic E-state index is 0.0292. The van der Waals surface area contributed by atoms with Gasteiger partial charge in [0.05, 0.1) is 27.7 Å². The van der Waals surface area contributed by atoms with Crippen molar-refractivity contribution in [1.29, 1.82) is 0 Å². The fraction of sp³-hybridized carbons (Fsp3) is 0.444. The number of pyridine rings is 2. The van der Waals surface area contributed by atoms with Crippen LogP contribution in [0.3, 0.4) is 0 Å². The van der Waals surface area contributed by atoms with Crippen molar-refractivity contribution < 1.29 is 19.1 Å². The van der Waals surface area contributed by atoms with Crippen LogP contribution in [-0.4, -0.2) is 89.2 Å². The van der Waals surface area contributed by atoms with Gasteiger partial charge in [0, 0.05) is 42.2 Å². The minimum Gasteiger partial charge on any atom is -0.475 e. The molecule has 0 atom stereocenters. The summed E-state index contributed by atoms with van der Waals surface area (Å²) in [5, 5.41) is 3.08. The number of aromatic nitrogens is 2. The van der Waals surface area contributed by atoms with Gasteiger partial charge >= 0.3 is 6.09 Å². The number of carbonyl (C=O) groups excluding carboxylic acids is 2. The zero-order valence-electron chi connectivity index (χ0n) is 26.7. The molecular weight excluding hydrogens is 602 g/mol. The normalized spacial score (nSPS) is 18.3. The predicted molar refractivity (Wildman–Crippen MR) is 181 cm³/mol. The largest absolute Gasteiger partial charge is 0.475 e. The number of hydrogen-bond acceptors (Lipinski definition) is 8. The lowest BCUT2D eigenvalue weighted by Crippen LogP contribution is -2.50. The molecule has 0 spiro atoms. The number of piperazine rings is 1. The Labute approximate surface area is 274 Å². The molecule has 9 nitrogen and oxygen atoms in total. The van der Waals surface area contributed by atoms with Gasteiger partial charge in [0.1, 0.15) is 18.0 Å². The number of benzene rings is 2. The molecule has 4 aromatic rings. The molecule has 0 saturated carbocycles. The van der Waals surface area contributed by atoms with Crippen molar-refractivity contribution in [3.63, 3.8) is 0 Å². The highest BCUT2D eigenvalue weighted by molar-refractivity contribution is 6.36. The summed E-state index contributed by atoms with van der Waals surface area (Å²) >= 11 is 6.76. The summed E-state index contributed by atoms with van der Waals surface area (Å²) in [5.41, 5.74) is 1.68. The van der Waals surface area contributed by atoms with Gasteiger partial charge in [0.2, 0.25) is 5.88 Å². The molecule has 2 aromatic heterocycles. The monoisotopic (exact) mass is 641 g/mol. The summed E-state index contributed by atoms with van der Waals surface area (Å²) in [4.78, 5) is 42.2. The average Bonchev–Trinajstić information content (AvgIpc) is 3.63. The molecule has 7 rings (SSSR count). The number of fused-ring (bicyclic) bond motifs is 3. The number of hydrogen-bond donors (Lipinski definition) is 0. The van der Waals surface area contributed by atoms with E-state index in [0.717, 1.165) is 54.4 Å². The van der Waals surface area contributed by atoms with Crippen LogP contribution in [0.2, 0.25) is 5.02 Å². The summed E-state index contributed by atoms with van der Waals surface area (Å²) in [6.45, 7) is 10.6. The van der Waals surface area contributed by atoms with Crippen LogP contribution in [0.15, 0.2) is 48.5 Å². The summed E-state index contributed by atoms with van der Waals surface area (Å²) < 4.78 is 12.2. The molecule has 5 heterocycles. The van der Waals surface area contributed by atoms with Crippen LogP contribution in [0, 0.1) is 0 Å². The number of nitrogens with zero attached hydrogens (tertiary/aromatic N) is 5. The third-order valence-corrected chi connectivity index (χ3v) is 9.92. The molecule has 240 valence electrons. The highest BCUT2D eigenvalue weighted by Crippen LogP contribution is 2.42. The molecule has 0 bridgehead atoms. The Bertz CT molecular complexity index is 1800. The van der Waals surface area contributed by atoms with E-state index in [1.165, 1.54) is 12.8 Å². The van der Waals surface area contributed by atoms with Crippen LogP contribution in [0.25, 0.3) is 32.9 Å². The van der Waals surface area contributed by atoms with E-state index in [1.54, 1.807) is 4.90 Å². The molecule has 3 saturated heterocycles. The molecule has 0 radical (unpaired) electrons. The number of amides is 1. The van der Waals surface area contributed by atoms with Crippen molar-refractivity contribution in [2.75, 3.05) is 50.8 Å². The van der Waals surface area contributed by atoms with E-state index in [1.807, 2.05) is 69.3 Å². The van der Waals surface area contributed by atoms with Crippen LogP contribution in [0.4, 0.5) is 10.6 Å². The van der Waals surface area contributed by atoms with E-state index in [0.29, 0.717) is 65.8 Å². The Morgan fingerprint density at radius 1 is 0.957 bits per heavy atom. The maximum Gasteiger partial charge on any atom is 0.410 e. The van der Waals surface area contributed by atoms with E-state index in [2.05, 4.69) is 9.80 Å². The van der Waals surface area contributed by atoms with Gasteiger partial charge in [-0.15, -0.1) is 0 Å². The third kappa shape index (κ3) is 5.64. The first-order chi connectivity index (χ1) is 22.2. The molecule has 46 heavy (non-hydrogen) atoms. The Hall–Kier alpha value is -3.95. The number of rotatable bonds is 6. The predicted octanol–water partition coefficient (Wildman–Crippen LogP) is 6.98. The minimum atomic E-state index is -0.549. The quantitative estimate of drug-likeness (QED) is 0.208. The van der Waals surface area contributed by atoms with Gasteiger partial charge in [-0.1, -0.05) is 41.9 Å². The summed E-state index contributed by atoms with van der Waals surface area (Å²) in [5.74, 6) is 1.21. The molecule has 1 amide bonds. The van der Waals surface area contributed by atoms with Gasteiger partial charge in [-0.3, -0.25) is 9.69 Å². The molecule has 0 N–H and O–H groups in total. The molecular formula is C36H40ClN5O4. The first-order valence-corrected chi connectivity index (χ1v) is 16.6. The van der Waals surface area contributed by atoms with E-state index in [9.17, 15) is 9.59 Å². The van der Waals surface area contributed by atoms with Crippen LogP contribution in [0.5, 0.6) is 5.88 Å². The maximum absolute atomic E-state index is 12.9. The molecule has 3 aliphatic heterocycles. The molecule has 0 unspecified atom stereocenters. The number of anilines is 1. The Balaban J connectivity index is 1.29. The van der Waals surface area contributed by atoms with Crippen molar-refractivity contribution in [3.05, 3.63) is 59.1 Å². The number of carbonyl (C=O) groups is 2. The molecule has 2 aromatic carbocycles. The first-order valence-electron chi connectivity index (χ1n) is 16.2. The van der Waals surface area contributed by atoms with Gasteiger partial charge in [-0.2, -0.15) is 0 Å². The van der Waals surface area contributed by atoms with Crippen molar-refractivity contribution in [2.45, 2.75) is 57.6 Å². The second kappa shape index (κ2) is 12.0. The lowest BCUT2D eigenvalue weighted by atomic mass is 9.95. The summed E-state index contributed by atoms with van der Waals surface area (Å²) in [6.07, 6.45) is 5.11. The van der Waals surface area contributed by atoms with Gasteiger partial charge in [0.15, 0.2) is 6.29 Å². The number of halogens is 1. The maximum atomic E-state index is 12.9. The number of aldehydes is 1. The fourth-order valence-electron chi connectivity index (χ4n) is 7.36. The van der Waals surface area contributed by atoms with Crippen LogP contribution in [0.1, 0.15) is 56.8 Å². The summed E-state index contributed by atoms with van der Waals surface area (Å²) in [7, 11) is 0. The van der Waals surface area contributed by atoms with Gasteiger partial charge in [-0.25, -0.2) is 14.8 Å². The lowest BCUT2D eigenvalue weighted by Gasteiger charge is -2.36. The Morgan fingerprint density at radius 3 is 2.37 bits per heavy atom. The van der Waals surface area contributed by atoms with Gasteiger partial charge in [0.25, 0.3) is 0 Å². The molecule has 3 fully saturated rings. The van der Waals surface area contributed by atoms with E-state index < -0.39 is 5.60 Å². The van der Waals surface area contributed by atoms with E-state index >= 15 is 0 Å². The van der Waals surface area contributed by atoms with Gasteiger partial charge in [-0.05, 0) is 83.1 Å². The zero-order chi connectivity index (χ0) is 32.1. The third-order valence-electron chi connectivity index (χ3n) is 9.61. The topological polar surface area (TPSA) is 88.1 Å². The number of ether oxygens (including phenoxy) is 2.